The first-order valence-electron chi connectivity index (χ1n) is 6.05. The number of anilines is 1. The minimum atomic E-state index is -5.16. The summed E-state index contributed by atoms with van der Waals surface area (Å²) >= 11 is 0. The average molecular weight is 289 g/mol. The van der Waals surface area contributed by atoms with Gasteiger partial charge in [0.1, 0.15) is 0 Å². The van der Waals surface area contributed by atoms with Crippen LogP contribution in [0.25, 0.3) is 0 Å². The molecule has 2 N–H and O–H groups in total. The van der Waals surface area contributed by atoms with Gasteiger partial charge in [0.2, 0.25) is 0 Å². The highest BCUT2D eigenvalue weighted by atomic mass is 19.4. The fourth-order valence-electron chi connectivity index (χ4n) is 2.24. The number of carbonyl (C=O) groups is 1. The van der Waals surface area contributed by atoms with Crippen LogP contribution in [0.15, 0.2) is 18.2 Å². The van der Waals surface area contributed by atoms with Crippen LogP contribution in [-0.4, -0.2) is 30.9 Å². The number of rotatable bonds is 2. The molecule has 0 bridgehead atoms. The van der Waals surface area contributed by atoms with Gasteiger partial charge in [0.05, 0.1) is 7.11 Å². The van der Waals surface area contributed by atoms with Crippen LogP contribution in [0.3, 0.4) is 0 Å². The average Bonchev–Trinajstić information content (AvgIpc) is 2.43. The van der Waals surface area contributed by atoms with Gasteiger partial charge in [-0.2, -0.15) is 13.2 Å². The summed E-state index contributed by atoms with van der Waals surface area (Å²) in [5.41, 5.74) is -2.82. The van der Waals surface area contributed by atoms with Gasteiger partial charge >= 0.3 is 12.1 Å². The van der Waals surface area contributed by atoms with Gasteiger partial charge in [0.25, 0.3) is 5.60 Å². The maximum atomic E-state index is 13.1. The zero-order chi connectivity index (χ0) is 15.0. The first-order valence-corrected chi connectivity index (χ1v) is 6.05. The number of nitrogens with one attached hydrogen (secondary N) is 1. The Morgan fingerprint density at radius 3 is 2.70 bits per heavy atom. The van der Waals surface area contributed by atoms with E-state index in [1.54, 1.807) is 0 Å². The topological polar surface area (TPSA) is 58.6 Å². The van der Waals surface area contributed by atoms with E-state index in [9.17, 15) is 23.1 Å². The van der Waals surface area contributed by atoms with Crippen molar-refractivity contribution in [2.45, 2.75) is 24.6 Å². The van der Waals surface area contributed by atoms with E-state index in [4.69, 9.17) is 0 Å². The van der Waals surface area contributed by atoms with E-state index in [1.807, 2.05) is 0 Å². The summed E-state index contributed by atoms with van der Waals surface area (Å²) in [6.07, 6.45) is -3.79. The second kappa shape index (κ2) is 4.97. The SMILES string of the molecule is COC(=O)[C@@](O)(c1ccc2c(c1)CCCN2)C(F)(F)F. The summed E-state index contributed by atoms with van der Waals surface area (Å²) in [7, 11) is 0.805. The molecule has 1 aliphatic rings. The minimum Gasteiger partial charge on any atom is -0.466 e. The minimum absolute atomic E-state index is 0.528. The lowest BCUT2D eigenvalue weighted by Crippen LogP contribution is -2.49. The molecule has 4 nitrogen and oxygen atoms in total. The van der Waals surface area contributed by atoms with Gasteiger partial charge in [0, 0.05) is 17.8 Å². The number of alkyl halides is 3. The van der Waals surface area contributed by atoms with Crippen molar-refractivity contribution in [1.82, 2.24) is 0 Å². The highest BCUT2D eigenvalue weighted by molar-refractivity contribution is 5.82. The number of carbonyl (C=O) groups excluding carboxylic acids is 1. The molecule has 0 saturated heterocycles. The summed E-state index contributed by atoms with van der Waals surface area (Å²) in [6, 6.07) is 3.72. The number of hydrogen-bond donors (Lipinski definition) is 2. The molecule has 1 aromatic rings. The van der Waals surface area contributed by atoms with Crippen LogP contribution in [0, 0.1) is 0 Å². The number of fused-ring (bicyclic) bond motifs is 1. The van der Waals surface area contributed by atoms with Gasteiger partial charge in [-0.05, 0) is 30.5 Å². The summed E-state index contributed by atoms with van der Waals surface area (Å²) in [6.45, 7) is 0.743. The van der Waals surface area contributed by atoms with Gasteiger partial charge in [-0.3, -0.25) is 0 Å². The molecule has 20 heavy (non-hydrogen) atoms. The fourth-order valence-corrected chi connectivity index (χ4v) is 2.24. The van der Waals surface area contributed by atoms with Crippen molar-refractivity contribution in [1.29, 1.82) is 0 Å². The lowest BCUT2D eigenvalue weighted by atomic mass is 9.89. The molecule has 1 aliphatic heterocycles. The van der Waals surface area contributed by atoms with Crippen molar-refractivity contribution < 1.29 is 27.8 Å². The molecule has 0 fully saturated rings. The number of halogens is 3. The van der Waals surface area contributed by atoms with Crippen molar-refractivity contribution in [3.8, 4) is 0 Å². The lowest BCUT2D eigenvalue weighted by Gasteiger charge is -2.29. The Bertz CT molecular complexity index is 530. The molecule has 1 atom stereocenters. The highest BCUT2D eigenvalue weighted by Gasteiger charge is 2.62. The van der Waals surface area contributed by atoms with Gasteiger partial charge in [-0.25, -0.2) is 4.79 Å². The molecule has 1 aromatic carbocycles. The first-order chi connectivity index (χ1) is 9.30. The van der Waals surface area contributed by atoms with Crippen LogP contribution in [-0.2, 0) is 21.6 Å². The van der Waals surface area contributed by atoms with E-state index in [-0.39, 0.29) is 0 Å². The quantitative estimate of drug-likeness (QED) is 0.817. The largest absolute Gasteiger partial charge is 0.466 e. The van der Waals surface area contributed by atoms with E-state index in [1.165, 1.54) is 12.1 Å². The van der Waals surface area contributed by atoms with E-state index in [0.29, 0.717) is 12.0 Å². The van der Waals surface area contributed by atoms with E-state index in [0.717, 1.165) is 31.8 Å². The molecule has 0 amide bonds. The third-order valence-corrected chi connectivity index (χ3v) is 3.35. The smallest absolute Gasteiger partial charge is 0.432 e. The molecule has 0 radical (unpaired) electrons. The lowest BCUT2D eigenvalue weighted by molar-refractivity contribution is -0.266. The number of benzene rings is 1. The van der Waals surface area contributed by atoms with Crippen molar-refractivity contribution in [2.24, 2.45) is 0 Å². The molecule has 0 aromatic heterocycles. The van der Waals surface area contributed by atoms with Gasteiger partial charge in [0.15, 0.2) is 0 Å². The van der Waals surface area contributed by atoms with Crippen molar-refractivity contribution in [2.75, 3.05) is 19.0 Å². The maximum absolute atomic E-state index is 13.1. The van der Waals surface area contributed by atoms with Gasteiger partial charge < -0.3 is 15.2 Å². The second-order valence-corrected chi connectivity index (χ2v) is 4.60. The molecule has 0 spiro atoms. The predicted octanol–water partition coefficient (Wildman–Crippen LogP) is 1.97. The number of esters is 1. The van der Waals surface area contributed by atoms with Crippen molar-refractivity contribution >= 4 is 11.7 Å². The Morgan fingerprint density at radius 1 is 1.40 bits per heavy atom. The zero-order valence-electron chi connectivity index (χ0n) is 10.8. The standard InChI is InChI=1S/C13H14F3NO3/c1-20-11(18)12(19,13(14,15)16)9-4-5-10-8(7-9)3-2-6-17-10/h4-5,7,17,19H,2-3,6H2,1H3/t12-/m0/s1. The number of aliphatic hydroxyl groups is 1. The van der Waals surface area contributed by atoms with Crippen LogP contribution in [0.1, 0.15) is 17.5 Å². The van der Waals surface area contributed by atoms with E-state index in [2.05, 4.69) is 10.1 Å². The van der Waals surface area contributed by atoms with Crippen LogP contribution < -0.4 is 5.32 Å². The monoisotopic (exact) mass is 289 g/mol. The molecule has 110 valence electrons. The van der Waals surface area contributed by atoms with E-state index < -0.39 is 23.3 Å². The highest BCUT2D eigenvalue weighted by Crippen LogP contribution is 2.41. The Balaban J connectivity index is 2.52. The Labute approximate surface area is 113 Å². The summed E-state index contributed by atoms with van der Waals surface area (Å²) in [5, 5.41) is 12.9. The van der Waals surface area contributed by atoms with Crippen LogP contribution >= 0.6 is 0 Å². The maximum Gasteiger partial charge on any atom is 0.432 e. The third kappa shape index (κ3) is 2.22. The zero-order valence-corrected chi connectivity index (χ0v) is 10.8. The Morgan fingerprint density at radius 2 is 2.10 bits per heavy atom. The number of ether oxygens (including phenoxy) is 1. The molecule has 2 rings (SSSR count). The van der Waals surface area contributed by atoms with Crippen molar-refractivity contribution in [3.05, 3.63) is 29.3 Å². The molecule has 1 heterocycles. The third-order valence-electron chi connectivity index (χ3n) is 3.35. The van der Waals surface area contributed by atoms with Gasteiger partial charge in [-0.15, -0.1) is 0 Å². The molecule has 7 heteroatoms. The summed E-state index contributed by atoms with van der Waals surface area (Å²) in [4.78, 5) is 11.4. The number of methoxy groups -OCH3 is 1. The van der Waals surface area contributed by atoms with Gasteiger partial charge in [-0.1, -0.05) is 6.07 Å². The number of hydrogen-bond acceptors (Lipinski definition) is 4. The fraction of sp³-hybridized carbons (Fsp3) is 0.462. The molecular weight excluding hydrogens is 275 g/mol. The normalized spacial score (nSPS) is 17.6. The summed E-state index contributed by atoms with van der Waals surface area (Å²) in [5.74, 6) is -1.74. The molecule has 0 saturated carbocycles. The van der Waals surface area contributed by atoms with Crippen LogP contribution in [0.4, 0.5) is 18.9 Å². The molecule has 0 aliphatic carbocycles. The van der Waals surface area contributed by atoms with E-state index >= 15 is 0 Å². The second-order valence-electron chi connectivity index (χ2n) is 4.60. The van der Waals surface area contributed by atoms with Crippen LogP contribution in [0.2, 0.25) is 0 Å². The number of aryl methyl sites for hydroxylation is 1. The van der Waals surface area contributed by atoms with Crippen molar-refractivity contribution in [3.63, 3.8) is 0 Å². The van der Waals surface area contributed by atoms with Crippen LogP contribution in [0.5, 0.6) is 0 Å². The Hall–Kier alpha value is -1.76. The Kier molecular flexibility index (Phi) is 3.64. The summed E-state index contributed by atoms with van der Waals surface area (Å²) < 4.78 is 43.4. The predicted molar refractivity (Wildman–Crippen MR) is 65.2 cm³/mol. The first kappa shape index (κ1) is 14.6. The molecule has 0 unspecified atom stereocenters. The molecular formula is C13H14F3NO3.